The van der Waals surface area contributed by atoms with Crippen molar-refractivity contribution in [1.82, 2.24) is 0 Å². The van der Waals surface area contributed by atoms with E-state index < -0.39 is 0 Å². The van der Waals surface area contributed by atoms with Crippen LogP contribution in [0.5, 0.6) is 0 Å². The summed E-state index contributed by atoms with van der Waals surface area (Å²) in [5, 5.41) is 0. The van der Waals surface area contributed by atoms with Crippen molar-refractivity contribution in [2.45, 2.75) is 34.1 Å². The first kappa shape index (κ1) is 8.58. The molecule has 0 nitrogen and oxygen atoms in total. The molecule has 0 amide bonds. The van der Waals surface area contributed by atoms with Gasteiger partial charge >= 0.3 is 0 Å². The van der Waals surface area contributed by atoms with Crippen molar-refractivity contribution >= 4 is 0 Å². The van der Waals surface area contributed by atoms with E-state index in [0.29, 0.717) is 11.8 Å². The van der Waals surface area contributed by atoms with E-state index in [4.69, 9.17) is 0 Å². The van der Waals surface area contributed by atoms with Crippen molar-refractivity contribution in [2.24, 2.45) is 11.8 Å². The molecule has 61 valence electrons. The molecule has 0 atom stereocenters. The van der Waals surface area contributed by atoms with Crippen molar-refractivity contribution in [3.8, 4) is 0 Å². The average molecular weight is 149 g/mol. The van der Waals surface area contributed by atoms with Crippen LogP contribution in [0.15, 0.2) is 17.2 Å². The minimum Gasteiger partial charge on any atom is -0.0630 e. The first-order valence-electron chi connectivity index (χ1n) is 4.42. The van der Waals surface area contributed by atoms with Gasteiger partial charge in [0.2, 0.25) is 0 Å². The maximum Gasteiger partial charge on any atom is -0.00555 e. The average Bonchev–Trinajstić information content (AvgIpc) is 2.33. The van der Waals surface area contributed by atoms with Crippen LogP contribution in [-0.2, 0) is 0 Å². The summed E-state index contributed by atoms with van der Waals surface area (Å²) in [6.45, 7) is 8.94. The third-order valence-electron chi connectivity index (χ3n) is 2.20. The molecule has 0 N–H and O–H groups in total. The number of allylic oxidation sites excluding steroid dienone is 4. The Hall–Kier alpha value is -0.520. The van der Waals surface area contributed by atoms with Gasteiger partial charge in [-0.1, -0.05) is 39.3 Å². The van der Waals surface area contributed by atoms with Gasteiger partial charge in [0.05, 0.1) is 0 Å². The molecule has 1 rings (SSSR count). The predicted molar refractivity (Wildman–Crippen MR) is 49.1 cm³/mol. The van der Waals surface area contributed by atoms with E-state index in [1.165, 1.54) is 11.1 Å². The molecule has 0 saturated carbocycles. The molecular weight excluding hydrogens is 132 g/mol. The highest BCUT2D eigenvalue weighted by Crippen LogP contribution is 2.26. The van der Waals surface area contributed by atoms with E-state index in [2.05, 4.69) is 39.8 Å². The van der Waals surface area contributed by atoms with Crippen molar-refractivity contribution in [2.75, 3.05) is 0 Å². The molecular formula is C11H17. The van der Waals surface area contributed by atoms with Crippen LogP contribution in [0.25, 0.3) is 0 Å². The largest absolute Gasteiger partial charge is 0.0630 e. The Morgan fingerprint density at radius 1 is 1.18 bits per heavy atom. The summed E-state index contributed by atoms with van der Waals surface area (Å²) in [5.41, 5.74) is 2.93. The van der Waals surface area contributed by atoms with Crippen LogP contribution in [0.2, 0.25) is 0 Å². The van der Waals surface area contributed by atoms with Gasteiger partial charge in [-0.05, 0) is 29.9 Å². The summed E-state index contributed by atoms with van der Waals surface area (Å²) in [7, 11) is 0. The quantitative estimate of drug-likeness (QED) is 0.564. The zero-order valence-corrected chi connectivity index (χ0v) is 7.94. The van der Waals surface area contributed by atoms with Crippen molar-refractivity contribution in [1.29, 1.82) is 0 Å². The second kappa shape index (κ2) is 3.25. The molecule has 11 heavy (non-hydrogen) atoms. The molecule has 0 heteroatoms. The monoisotopic (exact) mass is 149 g/mol. The first-order valence-corrected chi connectivity index (χ1v) is 4.42. The molecule has 0 aromatic heterocycles. The molecule has 0 fully saturated rings. The topological polar surface area (TPSA) is 0 Å². The minimum absolute atomic E-state index is 0.645. The molecule has 0 aromatic rings. The normalized spacial score (nSPS) is 17.6. The van der Waals surface area contributed by atoms with Crippen LogP contribution in [0, 0.1) is 17.9 Å². The first-order chi connectivity index (χ1) is 5.11. The standard InChI is InChI=1S/C11H17/c1-8(2)10-5-6-11(7-10)9(3)4/h7-9H,5H2,1-4H3. The Balaban J connectivity index is 2.63. The van der Waals surface area contributed by atoms with Crippen LogP contribution in [0.3, 0.4) is 0 Å². The number of hydrogen-bond donors (Lipinski definition) is 0. The van der Waals surface area contributed by atoms with E-state index in [-0.39, 0.29) is 0 Å². The summed E-state index contributed by atoms with van der Waals surface area (Å²) < 4.78 is 0. The maximum absolute atomic E-state index is 3.41. The summed E-state index contributed by atoms with van der Waals surface area (Å²) in [5.74, 6) is 1.34. The van der Waals surface area contributed by atoms with E-state index in [9.17, 15) is 0 Å². The third-order valence-corrected chi connectivity index (χ3v) is 2.20. The van der Waals surface area contributed by atoms with Crippen LogP contribution in [0.4, 0.5) is 0 Å². The fourth-order valence-electron chi connectivity index (χ4n) is 1.25. The minimum atomic E-state index is 0.645. The van der Waals surface area contributed by atoms with Gasteiger partial charge in [-0.25, -0.2) is 0 Å². The molecule has 1 radical (unpaired) electrons. The smallest absolute Gasteiger partial charge is 0.00555 e. The summed E-state index contributed by atoms with van der Waals surface area (Å²) in [6.07, 6.45) is 6.79. The molecule has 0 aliphatic heterocycles. The van der Waals surface area contributed by atoms with E-state index in [1.54, 1.807) is 0 Å². The Kier molecular flexibility index (Phi) is 2.53. The van der Waals surface area contributed by atoms with Gasteiger partial charge in [0.15, 0.2) is 0 Å². The fraction of sp³-hybridized carbons (Fsp3) is 0.636. The van der Waals surface area contributed by atoms with Gasteiger partial charge in [0.1, 0.15) is 0 Å². The van der Waals surface area contributed by atoms with Gasteiger partial charge in [0, 0.05) is 0 Å². The molecule has 0 heterocycles. The molecule has 1 aliphatic carbocycles. The third kappa shape index (κ3) is 1.95. The fourth-order valence-corrected chi connectivity index (χ4v) is 1.25. The Morgan fingerprint density at radius 3 is 2.09 bits per heavy atom. The Labute approximate surface area is 70.0 Å². The maximum atomic E-state index is 3.41. The van der Waals surface area contributed by atoms with Crippen molar-refractivity contribution in [3.05, 3.63) is 23.3 Å². The molecule has 1 aliphatic rings. The molecule has 0 saturated heterocycles. The van der Waals surface area contributed by atoms with Gasteiger partial charge < -0.3 is 0 Å². The van der Waals surface area contributed by atoms with Crippen molar-refractivity contribution in [3.63, 3.8) is 0 Å². The second-order valence-corrected chi connectivity index (χ2v) is 3.84. The van der Waals surface area contributed by atoms with Gasteiger partial charge in [-0.15, -0.1) is 0 Å². The summed E-state index contributed by atoms with van der Waals surface area (Å²) in [6, 6.07) is 0. The van der Waals surface area contributed by atoms with Crippen molar-refractivity contribution < 1.29 is 0 Å². The second-order valence-electron chi connectivity index (χ2n) is 3.84. The van der Waals surface area contributed by atoms with E-state index in [0.717, 1.165) is 6.42 Å². The molecule has 0 unspecified atom stereocenters. The summed E-state index contributed by atoms with van der Waals surface area (Å²) in [4.78, 5) is 0. The van der Waals surface area contributed by atoms with E-state index >= 15 is 0 Å². The van der Waals surface area contributed by atoms with Gasteiger partial charge in [-0.3, -0.25) is 0 Å². The molecule has 0 bridgehead atoms. The predicted octanol–water partition coefficient (Wildman–Crippen LogP) is 3.36. The number of rotatable bonds is 2. The lowest BCUT2D eigenvalue weighted by molar-refractivity contribution is 0.750. The zero-order chi connectivity index (χ0) is 8.43. The lowest BCUT2D eigenvalue weighted by Crippen LogP contribution is -1.90. The highest BCUT2D eigenvalue weighted by molar-refractivity contribution is 5.31. The van der Waals surface area contributed by atoms with Crippen LogP contribution in [-0.4, -0.2) is 0 Å². The van der Waals surface area contributed by atoms with Crippen LogP contribution >= 0.6 is 0 Å². The summed E-state index contributed by atoms with van der Waals surface area (Å²) >= 11 is 0. The van der Waals surface area contributed by atoms with Gasteiger partial charge in [0.25, 0.3) is 0 Å². The lowest BCUT2D eigenvalue weighted by atomic mass is 10.0. The van der Waals surface area contributed by atoms with Gasteiger partial charge in [-0.2, -0.15) is 0 Å². The van der Waals surface area contributed by atoms with E-state index in [1.807, 2.05) is 0 Å². The Morgan fingerprint density at radius 2 is 1.82 bits per heavy atom. The van der Waals surface area contributed by atoms with Crippen LogP contribution < -0.4 is 0 Å². The molecule has 0 spiro atoms. The molecule has 0 aromatic carbocycles. The van der Waals surface area contributed by atoms with Crippen LogP contribution in [0.1, 0.15) is 34.1 Å². The Bertz CT molecular complexity index is 192. The highest BCUT2D eigenvalue weighted by atomic mass is 14.2. The lowest BCUT2D eigenvalue weighted by Gasteiger charge is -2.04. The zero-order valence-electron chi connectivity index (χ0n) is 7.94. The SMILES string of the molecule is CC(C)C1=[C]CC(C(C)C)=C1. The number of hydrogen-bond acceptors (Lipinski definition) is 0. The highest BCUT2D eigenvalue weighted by Gasteiger charge is 2.11.